The molecule has 33 heavy (non-hydrogen) atoms. The number of aromatic nitrogens is 4. The lowest BCUT2D eigenvalue weighted by molar-refractivity contribution is 0.121. The van der Waals surface area contributed by atoms with Crippen molar-refractivity contribution in [3.63, 3.8) is 0 Å². The number of hydrogen-bond acceptors (Lipinski definition) is 7. The Morgan fingerprint density at radius 1 is 1.09 bits per heavy atom. The van der Waals surface area contributed by atoms with Crippen LogP contribution >= 0.6 is 0 Å². The van der Waals surface area contributed by atoms with Gasteiger partial charge >= 0.3 is 0 Å². The first kappa shape index (κ1) is 22.1. The Kier molecular flexibility index (Phi) is 6.73. The minimum Gasteiger partial charge on any atom is -0.393 e. The minimum absolute atomic E-state index is 0.180. The summed E-state index contributed by atoms with van der Waals surface area (Å²) >= 11 is 0. The second-order valence-corrected chi connectivity index (χ2v) is 9.24. The Balaban J connectivity index is 1.53. The largest absolute Gasteiger partial charge is 0.393 e. The highest BCUT2D eigenvalue weighted by Crippen LogP contribution is 2.38. The minimum atomic E-state index is -0.180. The SMILES string of the molecule is COCCNc1ncc2c(-c3ccnc(N4CCCCC4)c3)cc(C3CCC(O)CC3)n2n1. The Hall–Kier alpha value is -2.71. The van der Waals surface area contributed by atoms with E-state index in [1.165, 1.54) is 25.0 Å². The summed E-state index contributed by atoms with van der Waals surface area (Å²) in [6.45, 7) is 3.40. The lowest BCUT2D eigenvalue weighted by Gasteiger charge is -2.27. The maximum atomic E-state index is 10.0. The van der Waals surface area contributed by atoms with Crippen LogP contribution in [0.15, 0.2) is 30.6 Å². The van der Waals surface area contributed by atoms with Crippen LogP contribution in [0.25, 0.3) is 16.6 Å². The van der Waals surface area contributed by atoms with Gasteiger partial charge in [0, 0.05) is 50.1 Å². The van der Waals surface area contributed by atoms with Gasteiger partial charge in [0.2, 0.25) is 5.95 Å². The zero-order valence-electron chi connectivity index (χ0n) is 19.4. The molecule has 1 saturated carbocycles. The fourth-order valence-corrected chi connectivity index (χ4v) is 5.14. The molecule has 176 valence electrons. The van der Waals surface area contributed by atoms with Crippen molar-refractivity contribution in [2.75, 3.05) is 43.6 Å². The van der Waals surface area contributed by atoms with Crippen molar-refractivity contribution in [2.45, 2.75) is 57.0 Å². The van der Waals surface area contributed by atoms with Crippen molar-refractivity contribution in [2.24, 2.45) is 0 Å². The zero-order valence-corrected chi connectivity index (χ0v) is 19.4. The smallest absolute Gasteiger partial charge is 0.241 e. The number of nitrogens with one attached hydrogen (secondary N) is 1. The number of ether oxygens (including phenoxy) is 1. The number of methoxy groups -OCH3 is 1. The second kappa shape index (κ2) is 10.1. The predicted molar refractivity (Wildman–Crippen MR) is 130 cm³/mol. The molecule has 0 amide bonds. The molecule has 3 aromatic rings. The van der Waals surface area contributed by atoms with Crippen molar-refractivity contribution < 1.29 is 9.84 Å². The fraction of sp³-hybridized carbons (Fsp3) is 0.560. The highest BCUT2D eigenvalue weighted by molar-refractivity contribution is 5.82. The van der Waals surface area contributed by atoms with Gasteiger partial charge in [-0.2, -0.15) is 0 Å². The molecule has 1 aliphatic carbocycles. The third-order valence-electron chi connectivity index (χ3n) is 6.99. The van der Waals surface area contributed by atoms with E-state index < -0.39 is 0 Å². The van der Waals surface area contributed by atoms with E-state index in [1.807, 2.05) is 12.4 Å². The van der Waals surface area contributed by atoms with Gasteiger partial charge < -0.3 is 20.1 Å². The highest BCUT2D eigenvalue weighted by Gasteiger charge is 2.26. The molecule has 4 heterocycles. The van der Waals surface area contributed by atoms with Crippen molar-refractivity contribution in [1.29, 1.82) is 0 Å². The molecule has 3 aromatic heterocycles. The van der Waals surface area contributed by atoms with Crippen LogP contribution in [-0.2, 0) is 4.74 Å². The molecule has 2 aliphatic rings. The van der Waals surface area contributed by atoms with Gasteiger partial charge in [-0.1, -0.05) is 0 Å². The number of pyridine rings is 1. The normalized spacial score (nSPS) is 21.5. The molecule has 5 rings (SSSR count). The van der Waals surface area contributed by atoms with Crippen LogP contribution < -0.4 is 10.2 Å². The van der Waals surface area contributed by atoms with E-state index in [9.17, 15) is 5.11 Å². The number of rotatable bonds is 7. The Morgan fingerprint density at radius 3 is 2.70 bits per heavy atom. The number of anilines is 2. The topological polar surface area (TPSA) is 87.8 Å². The fourth-order valence-electron chi connectivity index (χ4n) is 5.14. The average molecular weight is 451 g/mol. The molecule has 0 aromatic carbocycles. The number of aliphatic hydroxyl groups excluding tert-OH is 1. The number of hydrogen-bond donors (Lipinski definition) is 2. The maximum absolute atomic E-state index is 10.0. The van der Waals surface area contributed by atoms with E-state index in [4.69, 9.17) is 9.84 Å². The zero-order chi connectivity index (χ0) is 22.6. The molecule has 1 saturated heterocycles. The number of aliphatic hydroxyl groups is 1. The Bertz CT molecular complexity index is 1070. The van der Waals surface area contributed by atoms with Gasteiger partial charge in [0.05, 0.1) is 24.4 Å². The van der Waals surface area contributed by atoms with E-state index in [0.29, 0.717) is 25.0 Å². The first-order valence-electron chi connectivity index (χ1n) is 12.2. The van der Waals surface area contributed by atoms with Crippen LogP contribution in [-0.4, -0.2) is 64.1 Å². The number of nitrogens with zero attached hydrogens (tertiary/aromatic N) is 5. The molecule has 8 heteroatoms. The van der Waals surface area contributed by atoms with Crippen LogP contribution in [0, 0.1) is 0 Å². The molecule has 2 fully saturated rings. The Morgan fingerprint density at radius 2 is 1.91 bits per heavy atom. The van der Waals surface area contributed by atoms with Crippen LogP contribution in [0.1, 0.15) is 56.6 Å². The summed E-state index contributed by atoms with van der Waals surface area (Å²) in [4.78, 5) is 11.6. The van der Waals surface area contributed by atoms with E-state index in [-0.39, 0.29) is 6.10 Å². The molecule has 8 nitrogen and oxygen atoms in total. The summed E-state index contributed by atoms with van der Waals surface area (Å²) < 4.78 is 7.20. The standard InChI is InChI=1S/C25H34N6O2/c1-33-14-11-27-25-28-17-23-21(16-22(31(23)29-25)18-5-7-20(32)8-6-18)19-9-10-26-24(15-19)30-12-3-2-4-13-30/h9-10,15-18,20,32H,2-8,11-14H2,1H3,(H,27,29). The summed E-state index contributed by atoms with van der Waals surface area (Å²) in [5.74, 6) is 2.02. The number of fused-ring (bicyclic) bond motifs is 1. The summed E-state index contributed by atoms with van der Waals surface area (Å²) in [6, 6.07) is 6.57. The highest BCUT2D eigenvalue weighted by atomic mass is 16.5. The van der Waals surface area contributed by atoms with Gasteiger partial charge in [-0.25, -0.2) is 14.5 Å². The van der Waals surface area contributed by atoms with Crippen LogP contribution in [0.4, 0.5) is 11.8 Å². The second-order valence-electron chi connectivity index (χ2n) is 9.24. The monoisotopic (exact) mass is 450 g/mol. The van der Waals surface area contributed by atoms with Gasteiger partial charge in [-0.05, 0) is 68.7 Å². The van der Waals surface area contributed by atoms with Crippen LogP contribution in [0.3, 0.4) is 0 Å². The summed E-state index contributed by atoms with van der Waals surface area (Å²) in [5, 5.41) is 18.1. The van der Waals surface area contributed by atoms with Crippen LogP contribution in [0.5, 0.6) is 0 Å². The van der Waals surface area contributed by atoms with Gasteiger partial charge in [0.15, 0.2) is 0 Å². The molecule has 0 unspecified atom stereocenters. The summed E-state index contributed by atoms with van der Waals surface area (Å²) in [6.07, 6.45) is 11.0. The Labute approximate surface area is 195 Å². The third-order valence-corrected chi connectivity index (χ3v) is 6.99. The summed E-state index contributed by atoms with van der Waals surface area (Å²) in [7, 11) is 1.69. The van der Waals surface area contributed by atoms with Gasteiger partial charge in [-0.15, -0.1) is 5.10 Å². The van der Waals surface area contributed by atoms with E-state index in [2.05, 4.69) is 42.9 Å². The quantitative estimate of drug-likeness (QED) is 0.529. The first-order chi connectivity index (χ1) is 16.2. The lowest BCUT2D eigenvalue weighted by atomic mass is 9.85. The van der Waals surface area contributed by atoms with E-state index >= 15 is 0 Å². The van der Waals surface area contributed by atoms with Crippen LogP contribution in [0.2, 0.25) is 0 Å². The molecule has 1 aliphatic heterocycles. The number of piperidine rings is 1. The van der Waals surface area contributed by atoms with Gasteiger partial charge in [0.25, 0.3) is 0 Å². The predicted octanol–water partition coefficient (Wildman–Crippen LogP) is 3.86. The molecule has 2 N–H and O–H groups in total. The van der Waals surface area contributed by atoms with Crippen molar-refractivity contribution in [3.05, 3.63) is 36.3 Å². The maximum Gasteiger partial charge on any atom is 0.241 e. The van der Waals surface area contributed by atoms with Crippen molar-refractivity contribution in [3.8, 4) is 11.1 Å². The molecule has 0 bridgehead atoms. The van der Waals surface area contributed by atoms with Gasteiger partial charge in [-0.3, -0.25) is 0 Å². The first-order valence-corrected chi connectivity index (χ1v) is 12.2. The van der Waals surface area contributed by atoms with E-state index in [1.54, 1.807) is 7.11 Å². The molecule has 0 radical (unpaired) electrons. The molecule has 0 spiro atoms. The third kappa shape index (κ3) is 4.82. The van der Waals surface area contributed by atoms with E-state index in [0.717, 1.165) is 61.2 Å². The summed E-state index contributed by atoms with van der Waals surface area (Å²) in [5.41, 5.74) is 4.48. The van der Waals surface area contributed by atoms with Crippen molar-refractivity contribution in [1.82, 2.24) is 19.6 Å². The molecular weight excluding hydrogens is 416 g/mol. The molecular formula is C25H34N6O2. The van der Waals surface area contributed by atoms with Crippen molar-refractivity contribution >= 4 is 17.3 Å². The van der Waals surface area contributed by atoms with Gasteiger partial charge in [0.1, 0.15) is 5.82 Å². The lowest BCUT2D eigenvalue weighted by Crippen LogP contribution is -2.30. The average Bonchev–Trinajstić information content (AvgIpc) is 3.24. The molecule has 0 atom stereocenters.